The Hall–Kier alpha value is -2.35. The molecular weight excluding hydrogens is 312 g/mol. The summed E-state index contributed by atoms with van der Waals surface area (Å²) in [5, 5.41) is 12.0. The van der Waals surface area contributed by atoms with Gasteiger partial charge in [0.1, 0.15) is 5.82 Å². The second-order valence-corrected chi connectivity index (χ2v) is 6.67. The molecule has 1 aliphatic carbocycles. The molecule has 0 bridgehead atoms. The van der Waals surface area contributed by atoms with Gasteiger partial charge in [-0.25, -0.2) is 14.5 Å². The lowest BCUT2D eigenvalue weighted by Crippen LogP contribution is -2.31. The van der Waals surface area contributed by atoms with Crippen LogP contribution in [0.15, 0.2) is 30.0 Å². The van der Waals surface area contributed by atoms with E-state index in [0.29, 0.717) is 18.9 Å². The molecule has 0 radical (unpaired) electrons. The van der Waals surface area contributed by atoms with Crippen molar-refractivity contribution < 1.29 is 4.79 Å². The molecule has 23 heavy (non-hydrogen) atoms. The predicted octanol–water partition coefficient (Wildman–Crippen LogP) is 2.37. The van der Waals surface area contributed by atoms with Gasteiger partial charge in [-0.05, 0) is 18.8 Å². The Bertz CT molecular complexity index is 786. The SMILES string of the molecule is O=C(NCCc1cn2ccsc2n1)Nc1ccnn1CC1CC1. The smallest absolute Gasteiger partial charge is 0.320 e. The molecule has 0 saturated heterocycles. The van der Waals surface area contributed by atoms with Crippen LogP contribution in [0.2, 0.25) is 0 Å². The number of amides is 2. The number of aromatic nitrogens is 4. The number of hydrogen-bond acceptors (Lipinski definition) is 4. The van der Waals surface area contributed by atoms with Crippen molar-refractivity contribution >= 4 is 28.1 Å². The van der Waals surface area contributed by atoms with Crippen molar-refractivity contribution in [3.63, 3.8) is 0 Å². The van der Waals surface area contributed by atoms with Crippen LogP contribution in [0, 0.1) is 5.92 Å². The van der Waals surface area contributed by atoms with Crippen molar-refractivity contribution in [2.75, 3.05) is 11.9 Å². The molecule has 3 aromatic heterocycles. The van der Waals surface area contributed by atoms with Crippen LogP contribution < -0.4 is 10.6 Å². The Labute approximate surface area is 137 Å². The maximum absolute atomic E-state index is 12.0. The van der Waals surface area contributed by atoms with Gasteiger partial charge in [0, 0.05) is 43.4 Å². The molecule has 0 atom stereocenters. The Morgan fingerprint density at radius 3 is 3.17 bits per heavy atom. The van der Waals surface area contributed by atoms with Gasteiger partial charge in [-0.2, -0.15) is 5.10 Å². The fourth-order valence-electron chi connectivity index (χ4n) is 2.49. The maximum atomic E-state index is 12.0. The summed E-state index contributed by atoms with van der Waals surface area (Å²) in [6.45, 7) is 1.43. The Morgan fingerprint density at radius 1 is 1.43 bits per heavy atom. The van der Waals surface area contributed by atoms with Crippen LogP contribution in [0.25, 0.3) is 4.96 Å². The minimum atomic E-state index is -0.205. The Kier molecular flexibility index (Phi) is 3.74. The third-order valence-corrected chi connectivity index (χ3v) is 4.67. The summed E-state index contributed by atoms with van der Waals surface area (Å²) in [6, 6.07) is 1.62. The highest BCUT2D eigenvalue weighted by molar-refractivity contribution is 7.15. The molecule has 7 nitrogen and oxygen atoms in total. The van der Waals surface area contributed by atoms with Crippen molar-refractivity contribution in [2.45, 2.75) is 25.8 Å². The molecule has 0 spiro atoms. The first kappa shape index (κ1) is 14.3. The average Bonchev–Trinajstić information content (AvgIpc) is 2.89. The van der Waals surface area contributed by atoms with E-state index in [9.17, 15) is 4.79 Å². The highest BCUT2D eigenvalue weighted by Crippen LogP contribution is 2.31. The van der Waals surface area contributed by atoms with Crippen LogP contribution in [0.3, 0.4) is 0 Å². The van der Waals surface area contributed by atoms with E-state index in [4.69, 9.17) is 0 Å². The number of rotatable bonds is 6. The van der Waals surface area contributed by atoms with Crippen LogP contribution in [-0.2, 0) is 13.0 Å². The molecule has 2 N–H and O–H groups in total. The maximum Gasteiger partial charge on any atom is 0.320 e. The molecule has 4 rings (SSSR count). The summed E-state index contributed by atoms with van der Waals surface area (Å²) < 4.78 is 3.86. The standard InChI is InChI=1S/C15H18N6OS/c22-14(19-13-4-6-17-21(13)9-11-1-2-11)16-5-3-12-10-20-7-8-23-15(20)18-12/h4,6-8,10-11H,1-3,5,9H2,(H2,16,19,22). The van der Waals surface area contributed by atoms with E-state index in [-0.39, 0.29) is 6.03 Å². The third kappa shape index (κ3) is 3.37. The topological polar surface area (TPSA) is 76.2 Å². The molecule has 1 fully saturated rings. The molecular formula is C15H18N6OS. The Balaban J connectivity index is 1.26. The lowest BCUT2D eigenvalue weighted by Gasteiger charge is -2.09. The number of fused-ring (bicyclic) bond motifs is 1. The van der Waals surface area contributed by atoms with Crippen LogP contribution in [0.5, 0.6) is 0 Å². The lowest BCUT2D eigenvalue weighted by molar-refractivity contribution is 0.252. The van der Waals surface area contributed by atoms with Gasteiger partial charge in [0.05, 0.1) is 11.9 Å². The van der Waals surface area contributed by atoms with E-state index in [2.05, 4.69) is 20.7 Å². The highest BCUT2D eigenvalue weighted by atomic mass is 32.1. The van der Waals surface area contributed by atoms with Gasteiger partial charge in [-0.1, -0.05) is 0 Å². The summed E-state index contributed by atoms with van der Waals surface area (Å²) >= 11 is 1.60. The summed E-state index contributed by atoms with van der Waals surface area (Å²) in [7, 11) is 0. The van der Waals surface area contributed by atoms with E-state index in [0.717, 1.165) is 23.0 Å². The quantitative estimate of drug-likeness (QED) is 0.728. The molecule has 0 aromatic carbocycles. The van der Waals surface area contributed by atoms with E-state index >= 15 is 0 Å². The van der Waals surface area contributed by atoms with E-state index in [1.165, 1.54) is 12.8 Å². The summed E-state index contributed by atoms with van der Waals surface area (Å²) in [5.74, 6) is 1.46. The number of carbonyl (C=O) groups excluding carboxylic acids is 1. The molecule has 3 aromatic rings. The second-order valence-electron chi connectivity index (χ2n) is 5.80. The summed E-state index contributed by atoms with van der Waals surface area (Å²) in [6.07, 6.45) is 8.92. The first-order valence-electron chi connectivity index (χ1n) is 7.76. The van der Waals surface area contributed by atoms with Crippen LogP contribution >= 0.6 is 11.3 Å². The van der Waals surface area contributed by atoms with E-state index < -0.39 is 0 Å². The number of carbonyl (C=O) groups is 1. The zero-order valence-electron chi connectivity index (χ0n) is 12.6. The van der Waals surface area contributed by atoms with Gasteiger partial charge < -0.3 is 5.32 Å². The van der Waals surface area contributed by atoms with Gasteiger partial charge in [-0.15, -0.1) is 11.3 Å². The van der Waals surface area contributed by atoms with Crippen molar-refractivity contribution in [3.8, 4) is 0 Å². The molecule has 0 aliphatic heterocycles. The lowest BCUT2D eigenvalue weighted by atomic mass is 10.3. The first-order valence-corrected chi connectivity index (χ1v) is 8.63. The van der Waals surface area contributed by atoms with Crippen LogP contribution in [-0.4, -0.2) is 31.7 Å². The van der Waals surface area contributed by atoms with Gasteiger partial charge in [-0.3, -0.25) is 9.72 Å². The number of urea groups is 1. The molecule has 1 aliphatic rings. The molecule has 3 heterocycles. The van der Waals surface area contributed by atoms with Crippen molar-refractivity contribution in [1.29, 1.82) is 0 Å². The fraction of sp³-hybridized carbons (Fsp3) is 0.400. The number of nitrogens with one attached hydrogen (secondary N) is 2. The average molecular weight is 330 g/mol. The van der Waals surface area contributed by atoms with Gasteiger partial charge >= 0.3 is 6.03 Å². The summed E-state index contributed by atoms with van der Waals surface area (Å²) in [5.41, 5.74) is 0.982. The molecule has 120 valence electrons. The van der Waals surface area contributed by atoms with E-state index in [1.807, 2.05) is 32.9 Å². The fourth-order valence-corrected chi connectivity index (χ4v) is 3.21. The van der Waals surface area contributed by atoms with Crippen LogP contribution in [0.1, 0.15) is 18.5 Å². The van der Waals surface area contributed by atoms with Crippen molar-refractivity contribution in [2.24, 2.45) is 5.92 Å². The number of nitrogens with zero attached hydrogens (tertiary/aromatic N) is 4. The predicted molar refractivity (Wildman–Crippen MR) is 88.7 cm³/mol. The Morgan fingerprint density at radius 2 is 2.35 bits per heavy atom. The minimum Gasteiger partial charge on any atom is -0.337 e. The normalized spacial score (nSPS) is 14.3. The van der Waals surface area contributed by atoms with Crippen molar-refractivity contribution in [3.05, 3.63) is 35.7 Å². The van der Waals surface area contributed by atoms with Crippen molar-refractivity contribution in [1.82, 2.24) is 24.5 Å². The minimum absolute atomic E-state index is 0.205. The number of hydrogen-bond donors (Lipinski definition) is 2. The largest absolute Gasteiger partial charge is 0.337 e. The number of thiazole rings is 1. The molecule has 8 heteroatoms. The van der Waals surface area contributed by atoms with E-state index in [1.54, 1.807) is 17.5 Å². The molecule has 1 saturated carbocycles. The third-order valence-electron chi connectivity index (χ3n) is 3.90. The van der Waals surface area contributed by atoms with Crippen LogP contribution in [0.4, 0.5) is 10.6 Å². The highest BCUT2D eigenvalue weighted by Gasteiger charge is 2.23. The summed E-state index contributed by atoms with van der Waals surface area (Å²) in [4.78, 5) is 17.5. The molecule has 2 amide bonds. The zero-order valence-corrected chi connectivity index (χ0v) is 13.4. The monoisotopic (exact) mass is 330 g/mol. The zero-order chi connectivity index (χ0) is 15.6. The van der Waals surface area contributed by atoms with Gasteiger partial charge in [0.25, 0.3) is 0 Å². The second kappa shape index (κ2) is 6.04. The number of imidazole rings is 1. The number of anilines is 1. The first-order chi connectivity index (χ1) is 11.3. The molecule has 0 unspecified atom stereocenters. The van der Waals surface area contributed by atoms with Gasteiger partial charge in [0.2, 0.25) is 0 Å². The van der Waals surface area contributed by atoms with Gasteiger partial charge in [0.15, 0.2) is 4.96 Å².